The molecule has 0 amide bonds. The van der Waals surface area contributed by atoms with Gasteiger partial charge in [-0.25, -0.2) is 0 Å². The molecule has 0 saturated carbocycles. The number of rotatable bonds is 4. The molecule has 4 heteroatoms. The third-order valence-electron chi connectivity index (χ3n) is 3.08. The van der Waals surface area contributed by atoms with Crippen molar-refractivity contribution in [3.63, 3.8) is 0 Å². The Balaban J connectivity index is 2.15. The quantitative estimate of drug-likeness (QED) is 0.902. The maximum absolute atomic E-state index is 10.3. The highest BCUT2D eigenvalue weighted by Gasteiger charge is 2.15. The molecule has 112 valence electrons. The largest absolute Gasteiger partial charge is 0.385 e. The van der Waals surface area contributed by atoms with Crippen molar-refractivity contribution in [1.29, 1.82) is 0 Å². The number of aliphatic hydroxyl groups is 1. The highest BCUT2D eigenvalue weighted by atomic mass is 35.5. The maximum Gasteiger partial charge on any atom is 0.108 e. The van der Waals surface area contributed by atoms with Crippen LogP contribution in [0.1, 0.15) is 32.6 Å². The van der Waals surface area contributed by atoms with Crippen LogP contribution in [0.3, 0.4) is 0 Å². The minimum atomic E-state index is -0.628. The number of pyridine rings is 1. The van der Waals surface area contributed by atoms with Gasteiger partial charge in [0.15, 0.2) is 0 Å². The van der Waals surface area contributed by atoms with Crippen LogP contribution in [-0.2, 0) is 0 Å². The minimum absolute atomic E-state index is 0.0330. The molecule has 21 heavy (non-hydrogen) atoms. The summed E-state index contributed by atoms with van der Waals surface area (Å²) in [6, 6.07) is 13.2. The third-order valence-corrected chi connectivity index (χ3v) is 3.33. The summed E-state index contributed by atoms with van der Waals surface area (Å²) >= 11 is 5.90. The van der Waals surface area contributed by atoms with Crippen LogP contribution in [0, 0.1) is 0 Å². The molecule has 1 aromatic heterocycles. The van der Waals surface area contributed by atoms with Gasteiger partial charge in [-0.1, -0.05) is 29.8 Å². The number of benzene rings is 1. The second-order valence-electron chi connectivity index (χ2n) is 6.10. The number of aliphatic hydroxyl groups excluding tert-OH is 1. The summed E-state index contributed by atoms with van der Waals surface area (Å²) in [4.78, 5) is 4.54. The molecule has 1 atom stereocenters. The standard InChI is InChI=1S/C17H21ClN2O/c1-17(2,3)19-11-16(21)15-6-4-5-14(20-15)12-7-9-13(18)10-8-12/h4-10,16,19,21H,11H2,1-3H3/t16-/m1/s1. The van der Waals surface area contributed by atoms with Gasteiger partial charge in [0, 0.05) is 22.7 Å². The normalized spacial score (nSPS) is 13.2. The van der Waals surface area contributed by atoms with Crippen LogP contribution in [0.4, 0.5) is 0 Å². The molecule has 2 aromatic rings. The lowest BCUT2D eigenvalue weighted by atomic mass is 10.1. The zero-order chi connectivity index (χ0) is 15.5. The van der Waals surface area contributed by atoms with Crippen molar-refractivity contribution < 1.29 is 5.11 Å². The maximum atomic E-state index is 10.3. The van der Waals surface area contributed by atoms with Crippen molar-refractivity contribution in [1.82, 2.24) is 10.3 Å². The summed E-state index contributed by atoms with van der Waals surface area (Å²) in [6.07, 6.45) is -0.628. The minimum Gasteiger partial charge on any atom is -0.385 e. The second-order valence-corrected chi connectivity index (χ2v) is 6.54. The van der Waals surface area contributed by atoms with E-state index in [0.29, 0.717) is 17.3 Å². The number of halogens is 1. The zero-order valence-corrected chi connectivity index (χ0v) is 13.4. The highest BCUT2D eigenvalue weighted by Crippen LogP contribution is 2.21. The van der Waals surface area contributed by atoms with Gasteiger partial charge < -0.3 is 10.4 Å². The molecule has 0 unspecified atom stereocenters. The van der Waals surface area contributed by atoms with E-state index in [0.717, 1.165) is 11.3 Å². The van der Waals surface area contributed by atoms with Crippen LogP contribution in [-0.4, -0.2) is 22.2 Å². The summed E-state index contributed by atoms with van der Waals surface area (Å²) in [7, 11) is 0. The summed E-state index contributed by atoms with van der Waals surface area (Å²) in [6.45, 7) is 6.67. The average molecular weight is 305 g/mol. The Hall–Kier alpha value is -1.42. The molecular weight excluding hydrogens is 284 g/mol. The van der Waals surface area contributed by atoms with Gasteiger partial charge in [0.2, 0.25) is 0 Å². The van der Waals surface area contributed by atoms with Gasteiger partial charge in [0.05, 0.1) is 11.4 Å². The average Bonchev–Trinajstić information content (AvgIpc) is 2.45. The van der Waals surface area contributed by atoms with E-state index < -0.39 is 6.10 Å². The van der Waals surface area contributed by atoms with Gasteiger partial charge in [0.25, 0.3) is 0 Å². The fourth-order valence-corrected chi connectivity index (χ4v) is 2.05. The van der Waals surface area contributed by atoms with Crippen molar-refractivity contribution in [2.75, 3.05) is 6.54 Å². The molecule has 0 bridgehead atoms. The molecule has 0 aliphatic rings. The van der Waals surface area contributed by atoms with E-state index in [1.54, 1.807) is 0 Å². The molecule has 1 heterocycles. The fraction of sp³-hybridized carbons (Fsp3) is 0.353. The van der Waals surface area contributed by atoms with Gasteiger partial charge in [-0.3, -0.25) is 4.98 Å². The van der Waals surface area contributed by atoms with E-state index >= 15 is 0 Å². The topological polar surface area (TPSA) is 45.1 Å². The lowest BCUT2D eigenvalue weighted by molar-refractivity contribution is 0.159. The van der Waals surface area contributed by atoms with Gasteiger partial charge in [0.1, 0.15) is 6.10 Å². The van der Waals surface area contributed by atoms with E-state index in [1.807, 2.05) is 42.5 Å². The lowest BCUT2D eigenvalue weighted by Crippen LogP contribution is -2.38. The van der Waals surface area contributed by atoms with Crippen LogP contribution in [0.5, 0.6) is 0 Å². The van der Waals surface area contributed by atoms with Crippen molar-refractivity contribution in [3.8, 4) is 11.3 Å². The molecule has 0 aliphatic heterocycles. The Morgan fingerprint density at radius 3 is 2.43 bits per heavy atom. The lowest BCUT2D eigenvalue weighted by Gasteiger charge is -2.22. The highest BCUT2D eigenvalue weighted by molar-refractivity contribution is 6.30. The molecule has 2 rings (SSSR count). The second kappa shape index (κ2) is 6.56. The Labute approximate surface area is 131 Å². The Bertz CT molecular complexity index is 590. The monoisotopic (exact) mass is 304 g/mol. The van der Waals surface area contributed by atoms with E-state index in [1.165, 1.54) is 0 Å². The third kappa shape index (κ3) is 4.81. The van der Waals surface area contributed by atoms with Crippen LogP contribution >= 0.6 is 11.6 Å². The molecule has 1 aromatic carbocycles. The van der Waals surface area contributed by atoms with Crippen molar-refractivity contribution >= 4 is 11.6 Å². The van der Waals surface area contributed by atoms with E-state index in [4.69, 9.17) is 11.6 Å². The molecular formula is C17H21ClN2O. The molecule has 0 aliphatic carbocycles. The molecule has 3 nitrogen and oxygen atoms in total. The number of aromatic nitrogens is 1. The Morgan fingerprint density at radius 2 is 1.81 bits per heavy atom. The van der Waals surface area contributed by atoms with Gasteiger partial charge in [-0.2, -0.15) is 0 Å². The number of hydrogen-bond acceptors (Lipinski definition) is 3. The first kappa shape index (κ1) is 16.0. The number of β-amino-alcohol motifs (C(OH)–C–C–N with tert-alkyl or cyclic N) is 1. The first-order valence-electron chi connectivity index (χ1n) is 7.01. The van der Waals surface area contributed by atoms with E-state index in [9.17, 15) is 5.11 Å². The molecule has 0 saturated heterocycles. The van der Waals surface area contributed by atoms with Crippen LogP contribution < -0.4 is 5.32 Å². The van der Waals surface area contributed by atoms with E-state index in [2.05, 4.69) is 31.1 Å². The van der Waals surface area contributed by atoms with Gasteiger partial charge in [-0.15, -0.1) is 0 Å². The zero-order valence-electron chi connectivity index (χ0n) is 12.6. The summed E-state index contributed by atoms with van der Waals surface area (Å²) in [5, 5.41) is 14.2. The predicted molar refractivity (Wildman–Crippen MR) is 87.4 cm³/mol. The SMILES string of the molecule is CC(C)(C)NC[C@@H](O)c1cccc(-c2ccc(Cl)cc2)n1. The predicted octanol–water partition coefficient (Wildman–Crippen LogP) is 3.82. The summed E-state index contributed by atoms with van der Waals surface area (Å²) < 4.78 is 0. The Morgan fingerprint density at radius 1 is 1.14 bits per heavy atom. The number of nitrogens with one attached hydrogen (secondary N) is 1. The molecule has 2 N–H and O–H groups in total. The first-order chi connectivity index (χ1) is 9.85. The summed E-state index contributed by atoms with van der Waals surface area (Å²) in [5.74, 6) is 0. The molecule has 0 fully saturated rings. The van der Waals surface area contributed by atoms with Crippen LogP contribution in [0.25, 0.3) is 11.3 Å². The van der Waals surface area contributed by atoms with Crippen molar-refractivity contribution in [3.05, 3.63) is 53.2 Å². The fourth-order valence-electron chi connectivity index (χ4n) is 1.93. The van der Waals surface area contributed by atoms with Crippen molar-refractivity contribution in [2.45, 2.75) is 32.4 Å². The smallest absolute Gasteiger partial charge is 0.108 e. The van der Waals surface area contributed by atoms with Crippen LogP contribution in [0.15, 0.2) is 42.5 Å². The number of nitrogens with zero attached hydrogens (tertiary/aromatic N) is 1. The number of hydrogen-bond donors (Lipinski definition) is 2. The molecule has 0 spiro atoms. The molecule has 0 radical (unpaired) electrons. The van der Waals surface area contributed by atoms with E-state index in [-0.39, 0.29) is 5.54 Å². The first-order valence-corrected chi connectivity index (χ1v) is 7.39. The van der Waals surface area contributed by atoms with Gasteiger partial charge >= 0.3 is 0 Å². The summed E-state index contributed by atoms with van der Waals surface area (Å²) in [5.41, 5.74) is 2.45. The Kier molecular flexibility index (Phi) is 4.99. The van der Waals surface area contributed by atoms with Crippen molar-refractivity contribution in [2.24, 2.45) is 0 Å². The van der Waals surface area contributed by atoms with Gasteiger partial charge in [-0.05, 0) is 45.0 Å². The van der Waals surface area contributed by atoms with Crippen LogP contribution in [0.2, 0.25) is 5.02 Å².